The number of nitrogen functional groups attached to an aromatic ring is 4. The predicted molar refractivity (Wildman–Crippen MR) is 126 cm³/mol. The van der Waals surface area contributed by atoms with E-state index >= 15 is 0 Å². The Morgan fingerprint density at radius 3 is 1.17 bits per heavy atom. The van der Waals surface area contributed by atoms with Crippen LogP contribution in [0.4, 0.5) is 22.7 Å². The molecule has 4 aromatic rings. The minimum Gasteiger partial charge on any atom is -0.399 e. The first kappa shape index (κ1) is 20.5. The molecule has 0 aliphatic heterocycles. The van der Waals surface area contributed by atoms with Gasteiger partial charge in [-0.1, -0.05) is 48.5 Å². The number of nitrogens with two attached hydrogens (primary N) is 4. The van der Waals surface area contributed by atoms with Gasteiger partial charge < -0.3 is 22.9 Å². The third-order valence-corrected chi connectivity index (χ3v) is 4.45. The Morgan fingerprint density at radius 2 is 0.833 bits per heavy atom. The van der Waals surface area contributed by atoms with Crippen LogP contribution in [0, 0.1) is 0 Å². The van der Waals surface area contributed by atoms with Gasteiger partial charge in [-0.25, -0.2) is 0 Å². The molecule has 0 saturated heterocycles. The summed E-state index contributed by atoms with van der Waals surface area (Å²) in [6.07, 6.45) is 0. The summed E-state index contributed by atoms with van der Waals surface area (Å²) in [6.45, 7) is 0. The molecule has 0 saturated carbocycles. The first-order chi connectivity index (χ1) is 14.4. The van der Waals surface area contributed by atoms with Gasteiger partial charge in [0.1, 0.15) is 0 Å². The van der Waals surface area contributed by atoms with Crippen molar-refractivity contribution in [1.82, 2.24) is 0 Å². The Bertz CT molecular complexity index is 1050. The summed E-state index contributed by atoms with van der Waals surface area (Å²) >= 11 is 0. The number of anilines is 4. The fourth-order valence-corrected chi connectivity index (χ4v) is 2.88. The summed E-state index contributed by atoms with van der Waals surface area (Å²) in [5.41, 5.74) is 28.6. The summed E-state index contributed by atoms with van der Waals surface area (Å²) in [5, 5.41) is 0. The molecule has 0 heterocycles. The van der Waals surface area contributed by atoms with Crippen LogP contribution in [-0.4, -0.2) is 5.78 Å². The molecule has 0 amide bonds. The first-order valence-electron chi connectivity index (χ1n) is 9.39. The topological polar surface area (TPSA) is 121 Å². The highest BCUT2D eigenvalue weighted by molar-refractivity contribution is 6.09. The molecule has 150 valence electrons. The van der Waals surface area contributed by atoms with Crippen LogP contribution in [0.5, 0.6) is 0 Å². The molecule has 0 bridgehead atoms. The van der Waals surface area contributed by atoms with Crippen molar-refractivity contribution in [3.8, 4) is 11.1 Å². The van der Waals surface area contributed by atoms with Gasteiger partial charge in [0.25, 0.3) is 0 Å². The summed E-state index contributed by atoms with van der Waals surface area (Å²) in [5.74, 6) is -0.0698. The highest BCUT2D eigenvalue weighted by Gasteiger charge is 2.08. The van der Waals surface area contributed by atoms with Crippen LogP contribution in [0.3, 0.4) is 0 Å². The Balaban J connectivity index is 0.000000172. The number of hydrogen-bond donors (Lipinski definition) is 4. The van der Waals surface area contributed by atoms with E-state index in [-0.39, 0.29) is 5.78 Å². The first-order valence-corrected chi connectivity index (χ1v) is 9.39. The smallest absolute Gasteiger partial charge is 0.193 e. The van der Waals surface area contributed by atoms with E-state index in [1.54, 1.807) is 48.5 Å². The van der Waals surface area contributed by atoms with Crippen LogP contribution in [0.2, 0.25) is 0 Å². The van der Waals surface area contributed by atoms with Crippen molar-refractivity contribution in [1.29, 1.82) is 0 Å². The maximum Gasteiger partial charge on any atom is 0.193 e. The third kappa shape index (κ3) is 5.39. The van der Waals surface area contributed by atoms with Gasteiger partial charge in [0, 0.05) is 33.9 Å². The largest absolute Gasteiger partial charge is 0.399 e. The van der Waals surface area contributed by atoms with Crippen molar-refractivity contribution in [3.63, 3.8) is 0 Å². The van der Waals surface area contributed by atoms with Gasteiger partial charge in [-0.15, -0.1) is 0 Å². The maximum absolute atomic E-state index is 12.0. The van der Waals surface area contributed by atoms with Crippen molar-refractivity contribution in [2.75, 3.05) is 22.9 Å². The van der Waals surface area contributed by atoms with Gasteiger partial charge in [-0.2, -0.15) is 0 Å². The van der Waals surface area contributed by atoms with E-state index in [9.17, 15) is 4.79 Å². The zero-order valence-electron chi connectivity index (χ0n) is 16.5. The fourth-order valence-electron chi connectivity index (χ4n) is 2.88. The van der Waals surface area contributed by atoms with Crippen molar-refractivity contribution in [2.24, 2.45) is 0 Å². The van der Waals surface area contributed by atoms with Crippen LogP contribution < -0.4 is 22.9 Å². The summed E-state index contributed by atoms with van der Waals surface area (Å²) < 4.78 is 0. The lowest BCUT2D eigenvalue weighted by molar-refractivity contribution is 0.103. The minimum atomic E-state index is -0.0698. The van der Waals surface area contributed by atoms with Crippen molar-refractivity contribution in [2.45, 2.75) is 0 Å². The zero-order chi connectivity index (χ0) is 21.5. The molecule has 5 heteroatoms. The molecule has 8 N–H and O–H groups in total. The van der Waals surface area contributed by atoms with E-state index in [1.165, 1.54) is 0 Å². The quantitative estimate of drug-likeness (QED) is 0.298. The Morgan fingerprint density at radius 1 is 0.467 bits per heavy atom. The number of ketones is 1. The summed E-state index contributed by atoms with van der Waals surface area (Å²) in [6, 6.07) is 29.4. The van der Waals surface area contributed by atoms with E-state index in [0.717, 1.165) is 22.5 Å². The lowest BCUT2D eigenvalue weighted by Gasteiger charge is -2.03. The van der Waals surface area contributed by atoms with Gasteiger partial charge in [0.05, 0.1) is 0 Å². The van der Waals surface area contributed by atoms with E-state index in [0.29, 0.717) is 22.5 Å². The van der Waals surface area contributed by atoms with Crippen LogP contribution in [-0.2, 0) is 0 Å². The molecule has 0 atom stereocenters. The highest BCUT2D eigenvalue weighted by atomic mass is 16.1. The molecule has 0 fully saturated rings. The van der Waals surface area contributed by atoms with Crippen molar-refractivity contribution in [3.05, 3.63) is 108 Å². The number of carbonyl (C=O) groups is 1. The number of benzene rings is 4. The Hall–Kier alpha value is -4.25. The molecule has 0 radical (unpaired) electrons. The van der Waals surface area contributed by atoms with Crippen LogP contribution >= 0.6 is 0 Å². The summed E-state index contributed by atoms with van der Waals surface area (Å²) in [4.78, 5) is 12.0. The summed E-state index contributed by atoms with van der Waals surface area (Å²) in [7, 11) is 0. The number of carbonyl (C=O) groups excluding carboxylic acids is 1. The standard InChI is InChI=1S/C13H12N2O.C12H12N2/c14-11-5-1-3-9(7-11)13(16)10-4-2-6-12(15)8-10;13-11-5-1-9(2-6-11)10-3-7-12(14)8-4-10/h1-8H,14-15H2;1-8H,13-14H2. The Labute approximate surface area is 175 Å². The van der Waals surface area contributed by atoms with Crippen LogP contribution in [0.15, 0.2) is 97.1 Å². The molecule has 4 rings (SSSR count). The second-order valence-electron chi connectivity index (χ2n) is 6.82. The molecule has 5 nitrogen and oxygen atoms in total. The van der Waals surface area contributed by atoms with Crippen LogP contribution in [0.25, 0.3) is 11.1 Å². The number of hydrogen-bond acceptors (Lipinski definition) is 5. The SMILES string of the molecule is Nc1ccc(-c2ccc(N)cc2)cc1.Nc1cccc(C(=O)c2cccc(N)c2)c1. The van der Waals surface area contributed by atoms with E-state index in [4.69, 9.17) is 22.9 Å². The molecule has 0 aliphatic carbocycles. The molecule has 4 aromatic carbocycles. The molecule has 0 aromatic heterocycles. The number of rotatable bonds is 3. The molecular formula is C25H24N4O. The molecular weight excluding hydrogens is 372 g/mol. The monoisotopic (exact) mass is 396 g/mol. The van der Waals surface area contributed by atoms with Gasteiger partial charge in [-0.3, -0.25) is 4.79 Å². The second kappa shape index (κ2) is 9.30. The van der Waals surface area contributed by atoms with E-state index < -0.39 is 0 Å². The maximum atomic E-state index is 12.0. The molecule has 0 unspecified atom stereocenters. The lowest BCUT2D eigenvalue weighted by Crippen LogP contribution is -2.02. The van der Waals surface area contributed by atoms with E-state index in [1.807, 2.05) is 48.5 Å². The fraction of sp³-hybridized carbons (Fsp3) is 0. The van der Waals surface area contributed by atoms with Crippen LogP contribution in [0.1, 0.15) is 15.9 Å². The predicted octanol–water partition coefficient (Wildman–Crippen LogP) is 4.60. The molecule has 0 spiro atoms. The molecule has 0 aliphatic rings. The lowest BCUT2D eigenvalue weighted by atomic mass is 10.0. The Kier molecular flexibility index (Phi) is 6.35. The normalized spacial score (nSPS) is 10.0. The highest BCUT2D eigenvalue weighted by Crippen LogP contribution is 2.21. The van der Waals surface area contributed by atoms with E-state index in [2.05, 4.69) is 0 Å². The third-order valence-electron chi connectivity index (χ3n) is 4.45. The second-order valence-corrected chi connectivity index (χ2v) is 6.82. The van der Waals surface area contributed by atoms with Crippen molar-refractivity contribution >= 4 is 28.5 Å². The minimum absolute atomic E-state index is 0.0698. The van der Waals surface area contributed by atoms with Crippen molar-refractivity contribution < 1.29 is 4.79 Å². The van der Waals surface area contributed by atoms with Gasteiger partial charge >= 0.3 is 0 Å². The molecule has 30 heavy (non-hydrogen) atoms. The average Bonchev–Trinajstić information content (AvgIpc) is 2.75. The zero-order valence-corrected chi connectivity index (χ0v) is 16.5. The average molecular weight is 396 g/mol. The van der Waals surface area contributed by atoms with Gasteiger partial charge in [-0.05, 0) is 59.7 Å². The van der Waals surface area contributed by atoms with Gasteiger partial charge in [0.15, 0.2) is 5.78 Å². The van der Waals surface area contributed by atoms with Gasteiger partial charge in [0.2, 0.25) is 0 Å².